The van der Waals surface area contributed by atoms with Crippen molar-refractivity contribution in [2.45, 2.75) is 9.79 Å². The summed E-state index contributed by atoms with van der Waals surface area (Å²) in [6, 6.07) is 12.3. The Balaban J connectivity index is 2.23. The number of benzene rings is 2. The highest BCUT2D eigenvalue weighted by Gasteiger charge is 2.11. The topological polar surface area (TPSA) is 78.4 Å². The van der Waals surface area contributed by atoms with Crippen LogP contribution in [-0.2, 0) is 0 Å². The summed E-state index contributed by atoms with van der Waals surface area (Å²) < 4.78 is 5.14. The van der Waals surface area contributed by atoms with Gasteiger partial charge in [0.2, 0.25) is 0 Å². The lowest BCUT2D eigenvalue weighted by atomic mass is 10.3. The summed E-state index contributed by atoms with van der Waals surface area (Å²) >= 11 is 1.47. The Morgan fingerprint density at radius 1 is 1.21 bits per heavy atom. The highest BCUT2D eigenvalue weighted by atomic mass is 32.2. The summed E-state index contributed by atoms with van der Waals surface area (Å²) in [5.41, 5.74) is 5.74. The fraction of sp³-hybridized carbons (Fsp3) is 0.0769. The van der Waals surface area contributed by atoms with Gasteiger partial charge in [-0.1, -0.05) is 17.8 Å². The molecule has 98 valence electrons. The zero-order chi connectivity index (χ0) is 13.8. The van der Waals surface area contributed by atoms with Gasteiger partial charge in [0.15, 0.2) is 0 Å². The quantitative estimate of drug-likeness (QED) is 0.526. The summed E-state index contributed by atoms with van der Waals surface area (Å²) in [4.78, 5) is 12.0. The predicted octanol–water partition coefficient (Wildman–Crippen LogP) is 3.34. The van der Waals surface area contributed by atoms with E-state index in [2.05, 4.69) is 0 Å². The third-order valence-electron chi connectivity index (χ3n) is 2.47. The molecule has 2 N–H and O–H groups in total. The number of nitrogens with two attached hydrogens (primary N) is 1. The molecule has 6 heteroatoms. The Bertz CT molecular complexity index is 617. The first-order valence-corrected chi connectivity index (χ1v) is 6.27. The fourth-order valence-corrected chi connectivity index (χ4v) is 2.48. The van der Waals surface area contributed by atoms with Crippen molar-refractivity contribution in [2.24, 2.45) is 0 Å². The van der Waals surface area contributed by atoms with E-state index in [1.807, 2.05) is 24.3 Å². The number of hydrogen-bond donors (Lipinski definition) is 1. The third kappa shape index (κ3) is 3.17. The highest BCUT2D eigenvalue weighted by Crippen LogP contribution is 2.33. The van der Waals surface area contributed by atoms with Gasteiger partial charge in [0.05, 0.1) is 12.0 Å². The molecule has 0 unspecified atom stereocenters. The fourth-order valence-electron chi connectivity index (χ4n) is 1.56. The van der Waals surface area contributed by atoms with E-state index in [9.17, 15) is 10.1 Å². The molecule has 2 rings (SSSR count). The van der Waals surface area contributed by atoms with Crippen LogP contribution in [0.3, 0.4) is 0 Å². The standard InChI is InChI=1S/C13H12N2O3S/c1-18-9-3-2-4-10(7-9)19-11-5-6-13(15(16)17)12(14)8-11/h2-8H,14H2,1H3. The van der Waals surface area contributed by atoms with Crippen LogP contribution in [0.1, 0.15) is 0 Å². The van der Waals surface area contributed by atoms with Gasteiger partial charge in [0, 0.05) is 15.9 Å². The number of nitrogen functional groups attached to an aromatic ring is 1. The van der Waals surface area contributed by atoms with Crippen molar-refractivity contribution in [1.82, 2.24) is 0 Å². The highest BCUT2D eigenvalue weighted by molar-refractivity contribution is 7.99. The molecule has 2 aromatic carbocycles. The Kier molecular flexibility index (Phi) is 3.91. The van der Waals surface area contributed by atoms with Crippen molar-refractivity contribution < 1.29 is 9.66 Å². The largest absolute Gasteiger partial charge is 0.497 e. The second-order valence-electron chi connectivity index (χ2n) is 3.76. The minimum absolute atomic E-state index is 0.0741. The molecule has 19 heavy (non-hydrogen) atoms. The molecule has 0 amide bonds. The van der Waals surface area contributed by atoms with Crippen LogP contribution >= 0.6 is 11.8 Å². The van der Waals surface area contributed by atoms with Crippen LogP contribution in [0.15, 0.2) is 52.3 Å². The van der Waals surface area contributed by atoms with E-state index in [1.54, 1.807) is 19.2 Å². The van der Waals surface area contributed by atoms with Gasteiger partial charge in [-0.15, -0.1) is 0 Å². The van der Waals surface area contributed by atoms with Gasteiger partial charge in [0.1, 0.15) is 11.4 Å². The summed E-state index contributed by atoms with van der Waals surface area (Å²) in [5.74, 6) is 0.764. The molecule has 0 saturated heterocycles. The minimum atomic E-state index is -0.491. The molecule has 0 aromatic heterocycles. The van der Waals surface area contributed by atoms with Crippen LogP contribution in [0.4, 0.5) is 11.4 Å². The summed E-state index contributed by atoms with van der Waals surface area (Å²) in [6.45, 7) is 0. The third-order valence-corrected chi connectivity index (χ3v) is 3.45. The molecule has 0 aliphatic carbocycles. The number of nitro groups is 1. The predicted molar refractivity (Wildman–Crippen MR) is 74.6 cm³/mol. The number of rotatable bonds is 4. The van der Waals surface area contributed by atoms with E-state index in [0.717, 1.165) is 15.5 Å². The maximum absolute atomic E-state index is 10.7. The first kappa shape index (κ1) is 13.2. The Morgan fingerprint density at radius 3 is 2.58 bits per heavy atom. The molecule has 0 saturated carbocycles. The number of methoxy groups -OCH3 is 1. The van der Waals surface area contributed by atoms with Crippen molar-refractivity contribution in [2.75, 3.05) is 12.8 Å². The van der Waals surface area contributed by atoms with Crippen molar-refractivity contribution in [3.05, 3.63) is 52.6 Å². The van der Waals surface area contributed by atoms with Crippen LogP contribution in [0.2, 0.25) is 0 Å². The molecule has 0 aliphatic rings. The summed E-state index contributed by atoms with van der Waals surface area (Å²) in [6.07, 6.45) is 0. The lowest BCUT2D eigenvalue weighted by Gasteiger charge is -2.05. The molecule has 5 nitrogen and oxygen atoms in total. The van der Waals surface area contributed by atoms with E-state index in [1.165, 1.54) is 17.8 Å². The molecule has 0 fully saturated rings. The first-order valence-electron chi connectivity index (χ1n) is 5.46. The molecule has 2 aromatic rings. The molecule has 0 atom stereocenters. The average Bonchev–Trinajstić information content (AvgIpc) is 2.38. The Morgan fingerprint density at radius 2 is 1.95 bits per heavy atom. The number of nitrogens with zero attached hydrogens (tertiary/aromatic N) is 1. The van der Waals surface area contributed by atoms with Gasteiger partial charge < -0.3 is 10.5 Å². The van der Waals surface area contributed by atoms with Crippen LogP contribution in [0.5, 0.6) is 5.75 Å². The number of hydrogen-bond acceptors (Lipinski definition) is 5. The van der Waals surface area contributed by atoms with E-state index < -0.39 is 4.92 Å². The van der Waals surface area contributed by atoms with Gasteiger partial charge in [0.25, 0.3) is 5.69 Å². The van der Waals surface area contributed by atoms with Gasteiger partial charge >= 0.3 is 0 Å². The second-order valence-corrected chi connectivity index (χ2v) is 4.91. The SMILES string of the molecule is COc1cccc(Sc2ccc([N+](=O)[O-])c(N)c2)c1. The Hall–Kier alpha value is -2.21. The molecule has 0 aliphatic heterocycles. The van der Waals surface area contributed by atoms with E-state index in [-0.39, 0.29) is 11.4 Å². The van der Waals surface area contributed by atoms with Gasteiger partial charge in [-0.2, -0.15) is 0 Å². The zero-order valence-corrected chi connectivity index (χ0v) is 11.0. The Labute approximate surface area is 114 Å². The minimum Gasteiger partial charge on any atom is -0.497 e. The number of nitro benzene ring substituents is 1. The smallest absolute Gasteiger partial charge is 0.292 e. The normalized spacial score (nSPS) is 10.2. The number of anilines is 1. The second kappa shape index (κ2) is 5.62. The monoisotopic (exact) mass is 276 g/mol. The van der Waals surface area contributed by atoms with Gasteiger partial charge in [-0.25, -0.2) is 0 Å². The number of ether oxygens (including phenoxy) is 1. The summed E-state index contributed by atoms with van der Waals surface area (Å²) in [7, 11) is 1.60. The maximum Gasteiger partial charge on any atom is 0.292 e. The van der Waals surface area contributed by atoms with Crippen LogP contribution in [0.25, 0.3) is 0 Å². The average molecular weight is 276 g/mol. The van der Waals surface area contributed by atoms with Crippen molar-refractivity contribution >= 4 is 23.1 Å². The molecular weight excluding hydrogens is 264 g/mol. The van der Waals surface area contributed by atoms with Gasteiger partial charge in [-0.3, -0.25) is 10.1 Å². The summed E-state index contributed by atoms with van der Waals surface area (Å²) in [5, 5.41) is 10.7. The molecule has 0 spiro atoms. The zero-order valence-electron chi connectivity index (χ0n) is 10.2. The first-order chi connectivity index (χ1) is 9.10. The van der Waals surface area contributed by atoms with Crippen LogP contribution < -0.4 is 10.5 Å². The van der Waals surface area contributed by atoms with E-state index in [0.29, 0.717) is 0 Å². The van der Waals surface area contributed by atoms with Gasteiger partial charge in [-0.05, 0) is 30.3 Å². The molecule has 0 bridgehead atoms. The van der Waals surface area contributed by atoms with Crippen LogP contribution in [0, 0.1) is 10.1 Å². The van der Waals surface area contributed by atoms with Crippen molar-refractivity contribution in [3.8, 4) is 5.75 Å². The molecule has 0 radical (unpaired) electrons. The molecular formula is C13H12N2O3S. The molecule has 0 heterocycles. The lowest BCUT2D eigenvalue weighted by molar-refractivity contribution is -0.383. The lowest BCUT2D eigenvalue weighted by Crippen LogP contribution is -1.95. The van der Waals surface area contributed by atoms with Crippen molar-refractivity contribution in [1.29, 1.82) is 0 Å². The van der Waals surface area contributed by atoms with Crippen molar-refractivity contribution in [3.63, 3.8) is 0 Å². The van der Waals surface area contributed by atoms with Crippen LogP contribution in [-0.4, -0.2) is 12.0 Å². The maximum atomic E-state index is 10.7. The van der Waals surface area contributed by atoms with E-state index in [4.69, 9.17) is 10.5 Å². The van der Waals surface area contributed by atoms with E-state index >= 15 is 0 Å².